The van der Waals surface area contributed by atoms with E-state index in [0.717, 1.165) is 10.9 Å². The molecule has 1 amide bonds. The van der Waals surface area contributed by atoms with Crippen molar-refractivity contribution in [3.63, 3.8) is 0 Å². The average molecular weight is 284 g/mol. The third-order valence-electron chi connectivity index (χ3n) is 2.83. The number of pyridine rings is 2. The van der Waals surface area contributed by atoms with E-state index in [1.165, 1.54) is 0 Å². The Balaban J connectivity index is 1.95. The second-order valence-corrected chi connectivity index (χ2v) is 4.57. The van der Waals surface area contributed by atoms with E-state index >= 15 is 0 Å². The van der Waals surface area contributed by atoms with E-state index in [0.29, 0.717) is 5.69 Å². The van der Waals surface area contributed by atoms with E-state index in [1.807, 2.05) is 24.3 Å². The molecule has 0 unspecified atom stereocenters. The van der Waals surface area contributed by atoms with Crippen molar-refractivity contribution < 1.29 is 4.79 Å². The molecule has 0 saturated carbocycles. The molecule has 0 aliphatic heterocycles. The van der Waals surface area contributed by atoms with Crippen molar-refractivity contribution in [2.75, 3.05) is 5.32 Å². The first-order chi connectivity index (χ1) is 9.74. The SMILES string of the molecule is O=C(Nc1cccc2cccnc12)c1cccc(Cl)n1. The minimum absolute atomic E-state index is 0.269. The summed E-state index contributed by atoms with van der Waals surface area (Å²) in [4.78, 5) is 20.4. The van der Waals surface area contributed by atoms with E-state index < -0.39 is 0 Å². The van der Waals surface area contributed by atoms with Gasteiger partial charge in [0.2, 0.25) is 0 Å². The number of nitrogens with one attached hydrogen (secondary N) is 1. The molecule has 0 aliphatic carbocycles. The van der Waals surface area contributed by atoms with Crippen molar-refractivity contribution in [3.05, 3.63) is 65.6 Å². The zero-order valence-corrected chi connectivity index (χ0v) is 11.1. The first kappa shape index (κ1) is 12.6. The number of fused-ring (bicyclic) bond motifs is 1. The number of hydrogen-bond acceptors (Lipinski definition) is 3. The average Bonchev–Trinajstić information content (AvgIpc) is 2.47. The van der Waals surface area contributed by atoms with Crippen molar-refractivity contribution in [3.8, 4) is 0 Å². The number of amides is 1. The molecule has 0 bridgehead atoms. The van der Waals surface area contributed by atoms with E-state index in [2.05, 4.69) is 15.3 Å². The Labute approximate surface area is 120 Å². The zero-order chi connectivity index (χ0) is 13.9. The van der Waals surface area contributed by atoms with Gasteiger partial charge < -0.3 is 5.32 Å². The van der Waals surface area contributed by atoms with E-state index in [4.69, 9.17) is 11.6 Å². The summed E-state index contributed by atoms with van der Waals surface area (Å²) in [6, 6.07) is 14.3. The van der Waals surface area contributed by atoms with Crippen molar-refractivity contribution in [2.45, 2.75) is 0 Å². The van der Waals surface area contributed by atoms with Crippen LogP contribution in [0.3, 0.4) is 0 Å². The monoisotopic (exact) mass is 283 g/mol. The lowest BCUT2D eigenvalue weighted by atomic mass is 10.2. The molecule has 0 fully saturated rings. The highest BCUT2D eigenvalue weighted by Gasteiger charge is 2.10. The molecular formula is C15H10ClN3O. The van der Waals surface area contributed by atoms with Crippen LogP contribution in [0.25, 0.3) is 10.9 Å². The van der Waals surface area contributed by atoms with Crippen LogP contribution in [0.15, 0.2) is 54.7 Å². The van der Waals surface area contributed by atoms with Crippen LogP contribution in [-0.4, -0.2) is 15.9 Å². The van der Waals surface area contributed by atoms with Gasteiger partial charge in [-0.05, 0) is 24.3 Å². The number of rotatable bonds is 2. The van der Waals surface area contributed by atoms with Gasteiger partial charge in [-0.2, -0.15) is 0 Å². The van der Waals surface area contributed by atoms with Crippen molar-refractivity contribution >= 4 is 34.1 Å². The van der Waals surface area contributed by atoms with Gasteiger partial charge >= 0.3 is 0 Å². The normalized spacial score (nSPS) is 10.4. The number of carbonyl (C=O) groups is 1. The molecule has 1 N–H and O–H groups in total. The molecule has 4 nitrogen and oxygen atoms in total. The number of anilines is 1. The van der Waals surface area contributed by atoms with Gasteiger partial charge in [-0.3, -0.25) is 9.78 Å². The topological polar surface area (TPSA) is 54.9 Å². The van der Waals surface area contributed by atoms with Crippen LogP contribution in [0.1, 0.15) is 10.5 Å². The summed E-state index contributed by atoms with van der Waals surface area (Å²) < 4.78 is 0. The summed E-state index contributed by atoms with van der Waals surface area (Å²) >= 11 is 5.78. The predicted molar refractivity (Wildman–Crippen MR) is 78.9 cm³/mol. The molecule has 20 heavy (non-hydrogen) atoms. The molecular weight excluding hydrogens is 274 g/mol. The van der Waals surface area contributed by atoms with Crippen molar-refractivity contribution in [2.24, 2.45) is 0 Å². The fraction of sp³-hybridized carbons (Fsp3) is 0. The van der Waals surface area contributed by atoms with Crippen molar-refractivity contribution in [1.82, 2.24) is 9.97 Å². The summed E-state index contributed by atoms with van der Waals surface area (Å²) in [5, 5.41) is 4.05. The lowest BCUT2D eigenvalue weighted by Gasteiger charge is -2.07. The van der Waals surface area contributed by atoms with Crippen LogP contribution in [0.4, 0.5) is 5.69 Å². The maximum Gasteiger partial charge on any atom is 0.274 e. The molecule has 1 aromatic carbocycles. The molecule has 3 aromatic rings. The third kappa shape index (κ3) is 2.46. The van der Waals surface area contributed by atoms with Gasteiger partial charge in [-0.1, -0.05) is 35.9 Å². The van der Waals surface area contributed by atoms with Crippen LogP contribution >= 0.6 is 11.6 Å². The van der Waals surface area contributed by atoms with Crippen LogP contribution in [0.5, 0.6) is 0 Å². The molecule has 5 heteroatoms. The standard InChI is InChI=1S/C15H10ClN3O/c16-13-8-2-7-12(18-13)15(20)19-11-6-1-4-10-5-3-9-17-14(10)11/h1-9H,(H,19,20). The first-order valence-electron chi connectivity index (χ1n) is 6.02. The molecule has 2 heterocycles. The number of benzene rings is 1. The summed E-state index contributed by atoms with van der Waals surface area (Å²) in [7, 11) is 0. The Morgan fingerprint density at radius 1 is 1.05 bits per heavy atom. The van der Waals surface area contributed by atoms with Gasteiger partial charge in [0.25, 0.3) is 5.91 Å². The third-order valence-corrected chi connectivity index (χ3v) is 3.04. The smallest absolute Gasteiger partial charge is 0.274 e. The Bertz CT molecular complexity index is 783. The highest BCUT2D eigenvalue weighted by atomic mass is 35.5. The highest BCUT2D eigenvalue weighted by molar-refractivity contribution is 6.29. The highest BCUT2D eigenvalue weighted by Crippen LogP contribution is 2.21. The lowest BCUT2D eigenvalue weighted by Crippen LogP contribution is -2.14. The molecule has 0 spiro atoms. The number of nitrogens with zero attached hydrogens (tertiary/aromatic N) is 2. The number of hydrogen-bond donors (Lipinski definition) is 1. The van der Waals surface area contributed by atoms with E-state index in [9.17, 15) is 4.79 Å². The van der Waals surface area contributed by atoms with Gasteiger partial charge in [0, 0.05) is 11.6 Å². The summed E-state index contributed by atoms with van der Waals surface area (Å²) in [6.07, 6.45) is 1.69. The van der Waals surface area contributed by atoms with Crippen LogP contribution in [0, 0.1) is 0 Å². The number of para-hydroxylation sites is 1. The van der Waals surface area contributed by atoms with E-state index in [-0.39, 0.29) is 16.8 Å². The van der Waals surface area contributed by atoms with Crippen molar-refractivity contribution in [1.29, 1.82) is 0 Å². The second kappa shape index (κ2) is 5.27. The number of aromatic nitrogens is 2. The Morgan fingerprint density at radius 2 is 1.85 bits per heavy atom. The van der Waals surface area contributed by atoms with Crippen LogP contribution < -0.4 is 5.32 Å². The summed E-state index contributed by atoms with van der Waals surface area (Å²) in [6.45, 7) is 0. The quantitative estimate of drug-likeness (QED) is 0.732. The van der Waals surface area contributed by atoms with Crippen LogP contribution in [-0.2, 0) is 0 Å². The fourth-order valence-electron chi connectivity index (χ4n) is 1.93. The largest absolute Gasteiger partial charge is 0.319 e. The van der Waals surface area contributed by atoms with Crippen LogP contribution in [0.2, 0.25) is 5.15 Å². The zero-order valence-electron chi connectivity index (χ0n) is 10.4. The number of carbonyl (C=O) groups excluding carboxylic acids is 1. The van der Waals surface area contributed by atoms with Gasteiger partial charge in [0.1, 0.15) is 10.8 Å². The lowest BCUT2D eigenvalue weighted by molar-refractivity contribution is 0.102. The Kier molecular flexibility index (Phi) is 3.31. The predicted octanol–water partition coefficient (Wildman–Crippen LogP) is 3.54. The molecule has 0 saturated heterocycles. The molecule has 0 atom stereocenters. The molecule has 3 rings (SSSR count). The minimum atomic E-state index is -0.314. The maximum atomic E-state index is 12.1. The van der Waals surface area contributed by atoms with Gasteiger partial charge in [0.05, 0.1) is 11.2 Å². The summed E-state index contributed by atoms with van der Waals surface area (Å²) in [5.41, 5.74) is 1.66. The van der Waals surface area contributed by atoms with Gasteiger partial charge in [-0.15, -0.1) is 0 Å². The molecule has 98 valence electrons. The van der Waals surface area contributed by atoms with Gasteiger partial charge in [-0.25, -0.2) is 4.98 Å². The fourth-order valence-corrected chi connectivity index (χ4v) is 2.09. The molecule has 0 radical (unpaired) electrons. The minimum Gasteiger partial charge on any atom is -0.319 e. The molecule has 2 aromatic heterocycles. The van der Waals surface area contributed by atoms with E-state index in [1.54, 1.807) is 30.5 Å². The molecule has 0 aliphatic rings. The summed E-state index contributed by atoms with van der Waals surface area (Å²) in [5.74, 6) is -0.314. The second-order valence-electron chi connectivity index (χ2n) is 4.18. The first-order valence-corrected chi connectivity index (χ1v) is 6.39. The van der Waals surface area contributed by atoms with Gasteiger partial charge in [0.15, 0.2) is 0 Å². The Hall–Kier alpha value is -2.46. The Morgan fingerprint density at radius 3 is 2.70 bits per heavy atom. The number of halogens is 1. The maximum absolute atomic E-state index is 12.1.